The summed E-state index contributed by atoms with van der Waals surface area (Å²) in [6, 6.07) is 9.16. The van der Waals surface area contributed by atoms with Crippen molar-refractivity contribution in [1.29, 1.82) is 5.26 Å². The Morgan fingerprint density at radius 2 is 2.06 bits per heavy atom. The molecule has 0 amide bonds. The predicted octanol–water partition coefficient (Wildman–Crippen LogP) is 1.66. The van der Waals surface area contributed by atoms with Crippen molar-refractivity contribution in [3.8, 4) is 17.6 Å². The van der Waals surface area contributed by atoms with Gasteiger partial charge in [0.25, 0.3) is 0 Å². The van der Waals surface area contributed by atoms with Crippen LogP contribution in [0.15, 0.2) is 35.3 Å². The van der Waals surface area contributed by atoms with E-state index in [1.807, 2.05) is 18.2 Å². The van der Waals surface area contributed by atoms with E-state index in [1.165, 1.54) is 10.8 Å². The molecule has 0 saturated carbocycles. The minimum Gasteiger partial charge on any atom is -0.493 e. The molecule has 3 aliphatic rings. The molecule has 5 heterocycles. The summed E-state index contributed by atoms with van der Waals surface area (Å²) in [6.45, 7) is 5.93. The molecule has 3 aliphatic heterocycles. The van der Waals surface area contributed by atoms with Crippen molar-refractivity contribution in [3.05, 3.63) is 52.3 Å². The highest BCUT2D eigenvalue weighted by molar-refractivity contribution is 7.80. The Morgan fingerprint density at radius 1 is 1.28 bits per heavy atom. The van der Waals surface area contributed by atoms with Gasteiger partial charge in [-0.15, -0.1) is 0 Å². The van der Waals surface area contributed by atoms with E-state index in [0.717, 1.165) is 52.2 Å². The van der Waals surface area contributed by atoms with E-state index >= 15 is 0 Å². The van der Waals surface area contributed by atoms with Crippen molar-refractivity contribution in [2.24, 2.45) is 0 Å². The number of nitrogens with one attached hydrogen (secondary N) is 1. The smallest absolute Gasteiger partial charge is 0.336 e. The van der Waals surface area contributed by atoms with Crippen LogP contribution in [-0.2, 0) is 4.74 Å². The van der Waals surface area contributed by atoms with Gasteiger partial charge in [-0.3, -0.25) is 9.47 Å². The highest BCUT2D eigenvalue weighted by atomic mass is 32.1. The highest BCUT2D eigenvalue weighted by Gasteiger charge is 2.48. The maximum absolute atomic E-state index is 13.5. The van der Waals surface area contributed by atoms with Crippen LogP contribution in [0.5, 0.6) is 5.88 Å². The molecule has 0 spiro atoms. The molecule has 2 aromatic heterocycles. The molecule has 2 saturated heterocycles. The van der Waals surface area contributed by atoms with Crippen LogP contribution < -0.4 is 11.0 Å². The maximum atomic E-state index is 13.5. The summed E-state index contributed by atoms with van der Waals surface area (Å²) < 4.78 is 8.41. The number of aromatic nitrogens is 3. The number of likely N-dealkylation sites (tertiary alicyclic amines) is 1. The first-order valence-electron chi connectivity index (χ1n) is 12.3. The highest BCUT2D eigenvalue weighted by Crippen LogP contribution is 2.48. The Labute approximate surface area is 213 Å². The lowest BCUT2D eigenvalue weighted by Crippen LogP contribution is -2.44. The lowest BCUT2D eigenvalue weighted by molar-refractivity contribution is 0.0375. The summed E-state index contributed by atoms with van der Waals surface area (Å²) in [7, 11) is 0. The molecule has 11 heteroatoms. The minimum atomic E-state index is -0.296. The Bertz CT molecular complexity index is 1440. The number of pyridine rings is 1. The third-order valence-electron chi connectivity index (χ3n) is 7.47. The Balaban J connectivity index is 1.23. The van der Waals surface area contributed by atoms with E-state index in [-0.39, 0.29) is 29.3 Å². The number of benzene rings is 1. The summed E-state index contributed by atoms with van der Waals surface area (Å²) >= 11 is 5.71. The molecule has 2 N–H and O–H groups in total. The average molecular weight is 506 g/mol. The molecule has 3 aromatic rings. The van der Waals surface area contributed by atoms with Crippen LogP contribution in [0.2, 0.25) is 0 Å². The molecular weight excluding hydrogens is 478 g/mol. The molecule has 0 radical (unpaired) electrons. The second kappa shape index (κ2) is 9.20. The molecule has 186 valence electrons. The van der Waals surface area contributed by atoms with Crippen LogP contribution in [-0.4, -0.2) is 80.1 Å². The van der Waals surface area contributed by atoms with Crippen molar-refractivity contribution in [2.45, 2.75) is 24.9 Å². The minimum absolute atomic E-state index is 0.0599. The van der Waals surface area contributed by atoms with Gasteiger partial charge in [0, 0.05) is 37.0 Å². The number of ether oxygens (including phenoxy) is 1. The topological polar surface area (TPSA) is 112 Å². The number of fused-ring (bicyclic) bond motifs is 6. The first-order valence-corrected chi connectivity index (χ1v) is 12.7. The summed E-state index contributed by atoms with van der Waals surface area (Å²) in [6.07, 6.45) is 3.20. The average Bonchev–Trinajstić information content (AvgIpc) is 3.58. The number of morpholine rings is 1. The lowest BCUT2D eigenvalue weighted by Gasteiger charge is -2.30. The summed E-state index contributed by atoms with van der Waals surface area (Å²) in [5, 5.41) is 26.1. The van der Waals surface area contributed by atoms with Gasteiger partial charge in [-0.1, -0.05) is 24.3 Å². The van der Waals surface area contributed by atoms with Gasteiger partial charge < -0.3 is 20.1 Å². The number of nitriles is 1. The van der Waals surface area contributed by atoms with E-state index in [0.29, 0.717) is 33.8 Å². The number of hydrogen-bond donors (Lipinski definition) is 2. The van der Waals surface area contributed by atoms with Gasteiger partial charge >= 0.3 is 5.69 Å². The zero-order valence-electron chi connectivity index (χ0n) is 19.8. The number of imidazole rings is 1. The predicted molar refractivity (Wildman–Crippen MR) is 137 cm³/mol. The lowest BCUT2D eigenvalue weighted by atomic mass is 10.1. The second-order valence-electron chi connectivity index (χ2n) is 9.44. The van der Waals surface area contributed by atoms with Crippen LogP contribution in [0.1, 0.15) is 36.3 Å². The largest absolute Gasteiger partial charge is 0.493 e. The Kier molecular flexibility index (Phi) is 5.87. The van der Waals surface area contributed by atoms with Crippen LogP contribution in [0.3, 0.4) is 0 Å². The van der Waals surface area contributed by atoms with Gasteiger partial charge in [0.15, 0.2) is 5.11 Å². The first-order chi connectivity index (χ1) is 17.6. The van der Waals surface area contributed by atoms with Crippen molar-refractivity contribution in [1.82, 2.24) is 29.2 Å². The maximum Gasteiger partial charge on any atom is 0.336 e. The molecule has 2 atom stereocenters. The molecule has 10 nitrogen and oxygen atoms in total. The Hall–Kier alpha value is -3.46. The van der Waals surface area contributed by atoms with Gasteiger partial charge in [0.1, 0.15) is 17.5 Å². The van der Waals surface area contributed by atoms with E-state index in [9.17, 15) is 15.2 Å². The quantitative estimate of drug-likeness (QED) is 0.395. The van der Waals surface area contributed by atoms with Crippen molar-refractivity contribution in [3.63, 3.8) is 0 Å². The SMILES string of the molecule is N#Cc1ncc(-n2c(O)c3n(c2=O)[C@H]2C[C@@H]3N(C(=S)NCCCN3CCOCC3)C2)c2ccccc12. The fraction of sp³-hybridized carbons (Fsp3) is 0.440. The van der Waals surface area contributed by atoms with Gasteiger partial charge in [-0.25, -0.2) is 14.3 Å². The summed E-state index contributed by atoms with van der Waals surface area (Å²) in [5.41, 5.74) is 1.03. The van der Waals surface area contributed by atoms with Gasteiger partial charge in [0.05, 0.1) is 37.2 Å². The molecular formula is C25H27N7O3S. The second-order valence-corrected chi connectivity index (χ2v) is 9.83. The van der Waals surface area contributed by atoms with Crippen LogP contribution in [0.25, 0.3) is 16.5 Å². The van der Waals surface area contributed by atoms with Crippen LogP contribution in [0.4, 0.5) is 0 Å². The summed E-state index contributed by atoms with van der Waals surface area (Å²) in [4.78, 5) is 22.2. The normalized spacial score (nSPS) is 21.0. The number of nitrogens with zero attached hydrogens (tertiary/aromatic N) is 6. The first kappa shape index (κ1) is 23.0. The van der Waals surface area contributed by atoms with E-state index in [2.05, 4.69) is 26.2 Å². The number of hydrogen-bond acceptors (Lipinski definition) is 7. The third kappa shape index (κ3) is 3.64. The molecule has 2 fully saturated rings. The van der Waals surface area contributed by atoms with Crippen LogP contribution >= 0.6 is 12.2 Å². The van der Waals surface area contributed by atoms with E-state index in [4.69, 9.17) is 17.0 Å². The summed E-state index contributed by atoms with van der Waals surface area (Å²) in [5.74, 6) is -0.0935. The zero-order chi connectivity index (χ0) is 24.8. The van der Waals surface area contributed by atoms with Crippen LogP contribution in [0, 0.1) is 11.3 Å². The molecule has 36 heavy (non-hydrogen) atoms. The number of aromatic hydroxyl groups is 1. The number of rotatable bonds is 5. The fourth-order valence-electron chi connectivity index (χ4n) is 5.76. The van der Waals surface area contributed by atoms with Crippen molar-refractivity contribution in [2.75, 3.05) is 45.9 Å². The van der Waals surface area contributed by atoms with E-state index in [1.54, 1.807) is 10.6 Å². The molecule has 2 bridgehead atoms. The fourth-order valence-corrected chi connectivity index (χ4v) is 6.06. The van der Waals surface area contributed by atoms with Gasteiger partial charge in [-0.05, 0) is 31.6 Å². The zero-order valence-corrected chi connectivity index (χ0v) is 20.6. The molecule has 1 aromatic carbocycles. The van der Waals surface area contributed by atoms with Crippen molar-refractivity contribution >= 4 is 28.1 Å². The standard InChI is InChI=1S/C25H27N7O3S/c26-13-19-17-4-1-2-5-18(17)21(14-28-19)32-23(33)22-20-12-16(31(22)25(32)34)15-30(20)24(36)27-6-3-7-29-8-10-35-11-9-29/h1-2,4-5,14,16,20,33H,3,6-12,15H2,(H,27,36)/t16-,20-/m0/s1. The van der Waals surface area contributed by atoms with Gasteiger partial charge in [-0.2, -0.15) is 5.26 Å². The monoisotopic (exact) mass is 505 g/mol. The van der Waals surface area contributed by atoms with Gasteiger partial charge in [0.2, 0.25) is 5.88 Å². The third-order valence-corrected chi connectivity index (χ3v) is 7.85. The molecule has 0 aliphatic carbocycles. The number of thiocarbonyl (C=S) groups is 1. The van der Waals surface area contributed by atoms with Crippen molar-refractivity contribution < 1.29 is 9.84 Å². The molecule has 6 rings (SSSR count). The molecule has 0 unspecified atom stereocenters. The Morgan fingerprint density at radius 3 is 2.83 bits per heavy atom. The van der Waals surface area contributed by atoms with E-state index < -0.39 is 0 Å².